The van der Waals surface area contributed by atoms with Crippen LogP contribution in [0.4, 0.5) is 4.79 Å². The van der Waals surface area contributed by atoms with E-state index in [2.05, 4.69) is 16.0 Å². The van der Waals surface area contributed by atoms with E-state index in [0.717, 1.165) is 37.2 Å². The predicted molar refractivity (Wildman–Crippen MR) is 404 cm³/mol. The number of nitrogens with zero attached hydrogens (tertiary/aromatic N) is 8. The van der Waals surface area contributed by atoms with Crippen molar-refractivity contribution in [2.75, 3.05) is 68.2 Å². The highest BCUT2D eigenvalue weighted by atomic mass is 35.5. The van der Waals surface area contributed by atoms with Gasteiger partial charge in [-0.05, 0) is 112 Å². The van der Waals surface area contributed by atoms with Crippen molar-refractivity contribution in [2.45, 2.75) is 227 Å². The zero-order chi connectivity index (χ0) is 80.5. The Hall–Kier alpha value is -8.25. The van der Waals surface area contributed by atoms with Crippen LogP contribution in [-0.2, 0) is 80.4 Å². The smallest absolute Gasteiger partial charge is 0.327 e. The lowest BCUT2D eigenvalue weighted by molar-refractivity contribution is -0.152. The second-order valence-electron chi connectivity index (χ2n) is 29.8. The van der Waals surface area contributed by atoms with Gasteiger partial charge >= 0.3 is 6.03 Å². The van der Waals surface area contributed by atoms with Gasteiger partial charge in [0.25, 0.3) is 11.8 Å². The molecule has 1 aliphatic rings. The number of halogens is 1. The third-order valence-electron chi connectivity index (χ3n) is 19.3. The third-order valence-corrected chi connectivity index (χ3v) is 20.1. The van der Waals surface area contributed by atoms with Gasteiger partial charge in [-0.2, -0.15) is 0 Å². The number of piperidine rings is 1. The molecule has 0 saturated carbocycles. The molecule has 0 aromatic heterocycles. The number of nitrogens with one attached hydrogen (secondary N) is 4. The van der Waals surface area contributed by atoms with Crippen LogP contribution in [0.1, 0.15) is 165 Å². The number of carbonyl (C=O) groups is 13. The molecule has 1 heterocycles. The molecule has 1 aliphatic heterocycles. The van der Waals surface area contributed by atoms with E-state index in [0.29, 0.717) is 41.8 Å². The number of aliphatic hydroxyl groups excluding tert-OH is 1. The Morgan fingerprint density at radius 2 is 1.05 bits per heavy atom. The second kappa shape index (κ2) is 42.9. The topological polar surface area (TPSA) is 376 Å². The number of aliphatic hydroxyl groups is 1. The van der Waals surface area contributed by atoms with Gasteiger partial charge in [-0.1, -0.05) is 137 Å². The van der Waals surface area contributed by atoms with Crippen LogP contribution < -0.4 is 26.4 Å². The fourth-order valence-corrected chi connectivity index (χ4v) is 13.7. The zero-order valence-corrected chi connectivity index (χ0v) is 67.3. The minimum absolute atomic E-state index is 0.0129. The largest absolute Gasteiger partial charge is 0.393 e. The Kier molecular flexibility index (Phi) is 37.2. The first-order valence-electron chi connectivity index (χ1n) is 36.8. The lowest BCUT2D eigenvalue weighted by Gasteiger charge is -2.38. The van der Waals surface area contributed by atoms with Crippen molar-refractivity contribution >= 4 is 98.5 Å². The van der Waals surface area contributed by atoms with Crippen LogP contribution in [-0.4, -0.2) is 258 Å². The van der Waals surface area contributed by atoms with Crippen molar-refractivity contribution in [2.24, 2.45) is 35.3 Å². The molecule has 0 unspecified atom stereocenters. The van der Waals surface area contributed by atoms with Gasteiger partial charge in [0.05, 0.1) is 18.3 Å². The summed E-state index contributed by atoms with van der Waals surface area (Å²) in [5.41, 5.74) is 7.04. The summed E-state index contributed by atoms with van der Waals surface area (Å²) in [6.07, 6.45) is 1.09. The number of amides is 14. The summed E-state index contributed by atoms with van der Waals surface area (Å²) < 4.78 is 26.5. The highest BCUT2D eigenvalue weighted by Gasteiger charge is 2.45. The van der Waals surface area contributed by atoms with E-state index in [1.807, 2.05) is 39.3 Å². The number of primary amides is 1. The summed E-state index contributed by atoms with van der Waals surface area (Å²) in [4.78, 5) is 199. The molecule has 0 bridgehead atoms. The molecule has 1 saturated heterocycles. The molecule has 106 heavy (non-hydrogen) atoms. The number of rotatable bonds is 40. The molecule has 31 heteroatoms. The second-order valence-corrected chi connectivity index (χ2v) is 32.0. The molecular formula is C75H120ClN13O16S. The number of nitrogens with two attached hydrogens (primary N) is 1. The minimum atomic E-state index is -4.15. The Labute approximate surface area is 632 Å². The highest BCUT2D eigenvalue weighted by Crippen LogP contribution is 2.25. The monoisotopic (exact) mass is 1530 g/mol. The number of benzene rings is 2. The van der Waals surface area contributed by atoms with E-state index < -0.39 is 172 Å². The van der Waals surface area contributed by atoms with E-state index in [1.54, 1.807) is 82.3 Å². The Morgan fingerprint density at radius 3 is 1.57 bits per heavy atom. The third kappa shape index (κ3) is 27.2. The highest BCUT2D eigenvalue weighted by molar-refractivity contribution is 7.89. The maximum absolute atomic E-state index is 15.6. The van der Waals surface area contributed by atoms with Crippen molar-refractivity contribution in [1.82, 2.24) is 59.9 Å². The van der Waals surface area contributed by atoms with Crippen LogP contribution in [0, 0.1) is 29.6 Å². The lowest BCUT2D eigenvalue weighted by Crippen LogP contribution is -2.64. The number of hydrogen-bond acceptors (Lipinski definition) is 16. The van der Waals surface area contributed by atoms with Crippen LogP contribution in [0.25, 0.3) is 0 Å². The van der Waals surface area contributed by atoms with Gasteiger partial charge in [-0.3, -0.25) is 67.2 Å². The fourth-order valence-electron chi connectivity index (χ4n) is 12.9. The molecule has 0 aliphatic carbocycles. The maximum atomic E-state index is 15.6. The van der Waals surface area contributed by atoms with Crippen molar-refractivity contribution in [1.29, 1.82) is 0 Å². The average molecular weight is 1530 g/mol. The van der Waals surface area contributed by atoms with Crippen LogP contribution in [0.5, 0.6) is 0 Å². The van der Waals surface area contributed by atoms with Gasteiger partial charge in [0.2, 0.25) is 69.1 Å². The number of imide groups is 1. The van der Waals surface area contributed by atoms with Gasteiger partial charge in [0.15, 0.2) is 6.04 Å². The van der Waals surface area contributed by atoms with Gasteiger partial charge in [0.1, 0.15) is 48.3 Å². The average Bonchev–Trinajstić information content (AvgIpc) is 0.813. The quantitative estimate of drug-likeness (QED) is 0.0505. The number of likely N-dealkylation sites (N-methyl/N-ethyl adjacent to an activating group) is 6. The Bertz CT molecular complexity index is 3470. The summed E-state index contributed by atoms with van der Waals surface area (Å²) in [6.45, 7) is 20.9. The molecule has 0 spiro atoms. The first kappa shape index (κ1) is 92.0. The molecular weight excluding hydrogens is 1410 g/mol. The standard InChI is InChI=1S/C75H120ClN13O16S/c1-20-22-38-89(68(96)49(11)50(12)90)75(103)87(18)63(48(9)10)67(95)80-62(74(102)88-36-27-24-28-37-88)73(101)82(13)56(21-2)65(93)78-54(34-35-61(91)81-106(19,104)105)69(97)85(16)59(41-47(7)8)71(99)84(15)58(44-52-32-29-33-53(76)42-52)66(94)79-55(39-45(3)4)70(98)86(17)60(43-51-30-25-23-26-31-51)72(100)83(14)57(64(77)92)40-46(5)6/h23,25-26,29-33,42,45-50,54-60,62-63,90H,20-22,24,27-28,34-41,43-44H2,1-19H3,(H2,77,92)(H,78,93)(H,79,94)(H,80,95)(H,81,91)/t49-,50+,54-,55-,56-,57-,58-,59-,60-,62-,63-/m0/s1. The van der Waals surface area contributed by atoms with E-state index in [9.17, 15) is 47.1 Å². The lowest BCUT2D eigenvalue weighted by atomic mass is 9.96. The number of unbranched alkanes of at least 4 members (excludes halogenated alkanes) is 1. The van der Waals surface area contributed by atoms with Gasteiger partial charge in [0, 0.05) is 86.2 Å². The SMILES string of the molecule is CCCCN(C(=O)[C@@H](C)[C@@H](C)O)C(=O)N(C)[C@H](C(=O)N[C@H](C(=O)N1CCCCC1)C(=O)N(C)[C@@H](CC)C(=O)N[C@@H](CCC(=O)NS(C)(=O)=O)C(=O)N(C)[C@@H](CC(C)C)C(=O)N(C)[C@@H](Cc1cccc(Cl)c1)C(=O)N[C@@H](CC(C)C)C(=O)N(C)[C@@H](Cc1ccccc1)C(=O)N(C)[C@@H](CC(C)C)C(N)=O)C(C)C. The molecule has 2 aromatic carbocycles. The normalized spacial score (nSPS) is 15.6. The molecule has 7 N–H and O–H groups in total. The molecule has 2 aromatic rings. The van der Waals surface area contributed by atoms with E-state index in [1.165, 1.54) is 77.8 Å². The van der Waals surface area contributed by atoms with E-state index in [4.69, 9.17) is 17.3 Å². The van der Waals surface area contributed by atoms with Crippen LogP contribution >= 0.6 is 11.6 Å². The van der Waals surface area contributed by atoms with Crippen molar-refractivity contribution in [3.05, 3.63) is 70.7 Å². The number of urea groups is 1. The number of carbonyl (C=O) groups excluding carboxylic acids is 13. The van der Waals surface area contributed by atoms with Gasteiger partial charge in [-0.25, -0.2) is 13.2 Å². The molecule has 0 radical (unpaired) electrons. The van der Waals surface area contributed by atoms with Gasteiger partial charge < -0.3 is 61.1 Å². The van der Waals surface area contributed by atoms with Crippen molar-refractivity contribution in [3.63, 3.8) is 0 Å². The molecule has 3 rings (SSSR count). The molecule has 594 valence electrons. The van der Waals surface area contributed by atoms with E-state index in [-0.39, 0.29) is 75.9 Å². The van der Waals surface area contributed by atoms with Crippen LogP contribution in [0.3, 0.4) is 0 Å². The summed E-state index contributed by atoms with van der Waals surface area (Å²) in [6, 6.07) is 1.45. The Balaban J connectivity index is 2.19. The van der Waals surface area contributed by atoms with Crippen molar-refractivity contribution < 1.29 is 75.9 Å². The Morgan fingerprint density at radius 1 is 0.557 bits per heavy atom. The number of hydrogen-bond donors (Lipinski definition) is 6. The first-order chi connectivity index (χ1) is 49.4. The fraction of sp³-hybridized carbons (Fsp3) is 0.667. The van der Waals surface area contributed by atoms with E-state index >= 15 is 28.8 Å². The number of sulfonamides is 1. The van der Waals surface area contributed by atoms with Crippen LogP contribution in [0.15, 0.2) is 54.6 Å². The minimum Gasteiger partial charge on any atom is -0.393 e. The zero-order valence-electron chi connectivity index (χ0n) is 65.7. The molecule has 11 atom stereocenters. The maximum Gasteiger partial charge on any atom is 0.327 e. The van der Waals surface area contributed by atoms with Gasteiger partial charge in [-0.15, -0.1) is 0 Å². The van der Waals surface area contributed by atoms with Crippen LogP contribution in [0.2, 0.25) is 5.02 Å². The first-order valence-corrected chi connectivity index (χ1v) is 39.1. The summed E-state index contributed by atoms with van der Waals surface area (Å²) in [5.74, 6) is -12.5. The summed E-state index contributed by atoms with van der Waals surface area (Å²) >= 11 is 6.51. The predicted octanol–water partition coefficient (Wildman–Crippen LogP) is 4.34. The molecule has 1 fully saturated rings. The number of likely N-dealkylation sites (tertiary alicyclic amines) is 1. The van der Waals surface area contributed by atoms with Crippen molar-refractivity contribution in [3.8, 4) is 0 Å². The summed E-state index contributed by atoms with van der Waals surface area (Å²) in [7, 11) is 3.87. The summed E-state index contributed by atoms with van der Waals surface area (Å²) in [5, 5.41) is 18.8. The molecule has 29 nitrogen and oxygen atoms in total. The molecule has 14 amide bonds.